The van der Waals surface area contributed by atoms with Gasteiger partial charge in [-0.25, -0.2) is 8.42 Å². The zero-order chi connectivity index (χ0) is 15.5. The van der Waals surface area contributed by atoms with E-state index in [9.17, 15) is 13.2 Å². The Morgan fingerprint density at radius 1 is 1.29 bits per heavy atom. The number of carbonyl (C=O) groups is 1. The van der Waals surface area contributed by atoms with E-state index in [-0.39, 0.29) is 10.8 Å². The van der Waals surface area contributed by atoms with Crippen molar-refractivity contribution < 1.29 is 13.2 Å². The second-order valence-corrected chi connectivity index (χ2v) is 7.77. The molecule has 2 N–H and O–H groups in total. The van der Waals surface area contributed by atoms with Crippen molar-refractivity contribution in [3.63, 3.8) is 0 Å². The van der Waals surface area contributed by atoms with E-state index in [1.165, 1.54) is 12.1 Å². The van der Waals surface area contributed by atoms with Gasteiger partial charge < -0.3 is 10.6 Å². The van der Waals surface area contributed by atoms with Gasteiger partial charge in [0.1, 0.15) is 0 Å². The Balaban J connectivity index is 1.89. The van der Waals surface area contributed by atoms with Crippen molar-refractivity contribution in [2.24, 2.45) is 5.92 Å². The third-order valence-electron chi connectivity index (χ3n) is 3.86. The molecule has 21 heavy (non-hydrogen) atoms. The van der Waals surface area contributed by atoms with E-state index < -0.39 is 9.84 Å². The largest absolute Gasteiger partial charge is 0.352 e. The van der Waals surface area contributed by atoms with Crippen LogP contribution in [0.4, 0.5) is 0 Å². The third-order valence-corrected chi connectivity index (χ3v) is 4.99. The maximum Gasteiger partial charge on any atom is 0.251 e. The highest BCUT2D eigenvalue weighted by Crippen LogP contribution is 2.14. The van der Waals surface area contributed by atoms with Crippen LogP contribution in [0.3, 0.4) is 0 Å². The maximum atomic E-state index is 12.0. The standard InChI is InChI=1S/C15H22N2O3S/c1-11-3-4-12(9-16-11)10-17-15(18)13-5-7-14(8-6-13)21(2,19)20/h5-8,11-12,16H,3-4,9-10H2,1-2H3,(H,17,18). The molecule has 1 saturated heterocycles. The maximum absolute atomic E-state index is 12.0. The lowest BCUT2D eigenvalue weighted by Crippen LogP contribution is -2.41. The van der Waals surface area contributed by atoms with Gasteiger partial charge in [0.2, 0.25) is 0 Å². The zero-order valence-corrected chi connectivity index (χ0v) is 13.2. The van der Waals surface area contributed by atoms with Crippen LogP contribution in [0.1, 0.15) is 30.1 Å². The van der Waals surface area contributed by atoms with Crippen LogP contribution in [-0.2, 0) is 9.84 Å². The van der Waals surface area contributed by atoms with Gasteiger partial charge in [-0.1, -0.05) is 0 Å². The van der Waals surface area contributed by atoms with E-state index in [2.05, 4.69) is 17.6 Å². The number of rotatable bonds is 4. The van der Waals surface area contributed by atoms with Gasteiger partial charge in [0.25, 0.3) is 5.91 Å². The number of amides is 1. The van der Waals surface area contributed by atoms with Gasteiger partial charge >= 0.3 is 0 Å². The molecule has 1 fully saturated rings. The molecule has 1 amide bonds. The van der Waals surface area contributed by atoms with Crippen LogP contribution >= 0.6 is 0 Å². The summed E-state index contributed by atoms with van der Waals surface area (Å²) < 4.78 is 22.7. The second-order valence-electron chi connectivity index (χ2n) is 5.76. The first kappa shape index (κ1) is 16.0. The molecule has 0 radical (unpaired) electrons. The predicted molar refractivity (Wildman–Crippen MR) is 82.1 cm³/mol. The van der Waals surface area contributed by atoms with Gasteiger partial charge in [-0.05, 0) is 56.5 Å². The zero-order valence-electron chi connectivity index (χ0n) is 12.4. The van der Waals surface area contributed by atoms with Crippen molar-refractivity contribution >= 4 is 15.7 Å². The number of piperidine rings is 1. The number of hydrogen-bond acceptors (Lipinski definition) is 4. The molecule has 0 spiro atoms. The van der Waals surface area contributed by atoms with Gasteiger partial charge in [0.05, 0.1) is 4.90 Å². The molecule has 1 heterocycles. The Morgan fingerprint density at radius 2 is 1.95 bits per heavy atom. The summed E-state index contributed by atoms with van der Waals surface area (Å²) in [5.74, 6) is 0.300. The lowest BCUT2D eigenvalue weighted by Gasteiger charge is -2.27. The molecular formula is C15H22N2O3S. The fourth-order valence-corrected chi connectivity index (χ4v) is 3.05. The minimum absolute atomic E-state index is 0.159. The lowest BCUT2D eigenvalue weighted by molar-refractivity contribution is 0.0943. The number of benzene rings is 1. The molecule has 6 heteroatoms. The van der Waals surface area contributed by atoms with Gasteiger partial charge in [-0.15, -0.1) is 0 Å². The third kappa shape index (κ3) is 4.54. The average Bonchev–Trinajstić information content (AvgIpc) is 2.45. The van der Waals surface area contributed by atoms with Gasteiger partial charge in [-0.2, -0.15) is 0 Å². The van der Waals surface area contributed by atoms with Crippen molar-refractivity contribution in [2.75, 3.05) is 19.3 Å². The first-order valence-electron chi connectivity index (χ1n) is 7.18. The first-order valence-corrected chi connectivity index (χ1v) is 9.07. The lowest BCUT2D eigenvalue weighted by atomic mass is 9.95. The van der Waals surface area contributed by atoms with E-state index in [1.807, 2.05) is 0 Å². The number of carbonyl (C=O) groups excluding carboxylic acids is 1. The predicted octanol–water partition coefficient (Wildman–Crippen LogP) is 1.21. The molecule has 1 aromatic rings. The fraction of sp³-hybridized carbons (Fsp3) is 0.533. The van der Waals surface area contributed by atoms with Crippen LogP contribution in [0.5, 0.6) is 0 Å². The molecule has 2 unspecified atom stereocenters. The summed E-state index contributed by atoms with van der Waals surface area (Å²) in [6.07, 6.45) is 3.39. The Bertz CT molecular complexity index is 588. The quantitative estimate of drug-likeness (QED) is 0.876. The van der Waals surface area contributed by atoms with Crippen molar-refractivity contribution in [3.05, 3.63) is 29.8 Å². The van der Waals surface area contributed by atoms with E-state index in [0.717, 1.165) is 25.6 Å². The number of sulfone groups is 1. The minimum atomic E-state index is -3.22. The second kappa shape index (κ2) is 6.58. The van der Waals surface area contributed by atoms with Crippen LogP contribution < -0.4 is 10.6 Å². The fourth-order valence-electron chi connectivity index (χ4n) is 2.42. The molecule has 1 aromatic carbocycles. The summed E-state index contributed by atoms with van der Waals surface area (Å²) in [7, 11) is -3.22. The van der Waals surface area contributed by atoms with Crippen molar-refractivity contribution in [1.82, 2.24) is 10.6 Å². The molecule has 0 saturated carbocycles. The highest BCUT2D eigenvalue weighted by molar-refractivity contribution is 7.90. The molecule has 0 aromatic heterocycles. The SMILES string of the molecule is CC1CCC(CNC(=O)c2ccc(S(C)(=O)=O)cc2)CN1. The highest BCUT2D eigenvalue weighted by atomic mass is 32.2. The highest BCUT2D eigenvalue weighted by Gasteiger charge is 2.18. The van der Waals surface area contributed by atoms with Crippen LogP contribution in [-0.4, -0.2) is 39.7 Å². The van der Waals surface area contributed by atoms with Crippen molar-refractivity contribution in [2.45, 2.75) is 30.7 Å². The smallest absolute Gasteiger partial charge is 0.251 e. The molecule has 0 bridgehead atoms. The molecule has 1 aliphatic rings. The van der Waals surface area contributed by atoms with Crippen LogP contribution in [0.15, 0.2) is 29.2 Å². The summed E-state index contributed by atoms with van der Waals surface area (Å²) >= 11 is 0. The summed E-state index contributed by atoms with van der Waals surface area (Å²) in [4.78, 5) is 12.3. The van der Waals surface area contributed by atoms with E-state index in [0.29, 0.717) is 24.1 Å². The van der Waals surface area contributed by atoms with Crippen LogP contribution in [0, 0.1) is 5.92 Å². The molecule has 2 rings (SSSR count). The molecule has 1 aliphatic heterocycles. The topological polar surface area (TPSA) is 75.3 Å². The molecular weight excluding hydrogens is 288 g/mol. The Hall–Kier alpha value is -1.40. The summed E-state index contributed by atoms with van der Waals surface area (Å²) in [6.45, 7) is 3.74. The Morgan fingerprint density at radius 3 is 2.48 bits per heavy atom. The van der Waals surface area contributed by atoms with E-state index in [1.54, 1.807) is 12.1 Å². The van der Waals surface area contributed by atoms with E-state index >= 15 is 0 Å². The molecule has 116 valence electrons. The van der Waals surface area contributed by atoms with Gasteiger partial charge in [0, 0.05) is 24.4 Å². The van der Waals surface area contributed by atoms with Gasteiger partial charge in [0.15, 0.2) is 9.84 Å². The van der Waals surface area contributed by atoms with Gasteiger partial charge in [-0.3, -0.25) is 4.79 Å². The molecule has 2 atom stereocenters. The number of hydrogen-bond donors (Lipinski definition) is 2. The molecule has 0 aliphatic carbocycles. The van der Waals surface area contributed by atoms with Crippen LogP contribution in [0.25, 0.3) is 0 Å². The summed E-state index contributed by atoms with van der Waals surface area (Å²) in [5.41, 5.74) is 0.486. The van der Waals surface area contributed by atoms with Crippen molar-refractivity contribution in [1.29, 1.82) is 0 Å². The van der Waals surface area contributed by atoms with Crippen molar-refractivity contribution in [3.8, 4) is 0 Å². The monoisotopic (exact) mass is 310 g/mol. The first-order chi connectivity index (χ1) is 9.86. The Kier molecular flexibility index (Phi) is 5.00. The molecule has 5 nitrogen and oxygen atoms in total. The minimum Gasteiger partial charge on any atom is -0.352 e. The normalized spacial score (nSPS) is 22.8. The Labute approximate surface area is 126 Å². The summed E-state index contributed by atoms with van der Waals surface area (Å²) in [6, 6.07) is 6.59. The number of nitrogens with one attached hydrogen (secondary N) is 2. The van der Waals surface area contributed by atoms with Crippen LogP contribution in [0.2, 0.25) is 0 Å². The van der Waals surface area contributed by atoms with E-state index in [4.69, 9.17) is 0 Å². The summed E-state index contributed by atoms with van der Waals surface area (Å²) in [5, 5.41) is 6.31. The average molecular weight is 310 g/mol.